The summed E-state index contributed by atoms with van der Waals surface area (Å²) in [5.74, 6) is -2.43. The smallest absolute Gasteiger partial charge is 0.307 e. The van der Waals surface area contributed by atoms with E-state index in [2.05, 4.69) is 5.32 Å². The summed E-state index contributed by atoms with van der Waals surface area (Å²) in [7, 11) is 0. The van der Waals surface area contributed by atoms with Gasteiger partial charge >= 0.3 is 11.9 Å². The highest BCUT2D eigenvalue weighted by atomic mass is 16.5. The number of hydrogen-bond acceptors (Lipinski definition) is 4. The summed E-state index contributed by atoms with van der Waals surface area (Å²) in [4.78, 5) is 34.1. The van der Waals surface area contributed by atoms with Crippen molar-refractivity contribution in [3.63, 3.8) is 0 Å². The molecular formula is C13H21NO5. The zero-order chi connectivity index (χ0) is 14.4. The molecule has 0 bridgehead atoms. The minimum absolute atomic E-state index is 0.111. The second kappa shape index (κ2) is 7.11. The number of rotatable bonds is 6. The summed E-state index contributed by atoms with van der Waals surface area (Å²) in [6.07, 6.45) is 1.23. The average Bonchev–Trinajstić information content (AvgIpc) is 2.72. The summed E-state index contributed by atoms with van der Waals surface area (Å²) in [6.45, 7) is 4.17. The Hall–Kier alpha value is -1.59. The lowest BCUT2D eigenvalue weighted by molar-refractivity contribution is -0.146. The zero-order valence-electron chi connectivity index (χ0n) is 11.3. The maximum atomic E-state index is 11.9. The fourth-order valence-corrected chi connectivity index (χ4v) is 2.51. The number of esters is 1. The second-order valence-electron chi connectivity index (χ2n) is 4.97. The predicted octanol–water partition coefficient (Wildman–Crippen LogP) is 0.803. The van der Waals surface area contributed by atoms with Crippen LogP contribution in [-0.2, 0) is 19.1 Å². The van der Waals surface area contributed by atoms with Gasteiger partial charge in [-0.2, -0.15) is 0 Å². The summed E-state index contributed by atoms with van der Waals surface area (Å²) in [5.41, 5.74) is 0. The number of carbonyl (C=O) groups excluding carboxylic acids is 2. The number of ether oxygens (including phenoxy) is 1. The van der Waals surface area contributed by atoms with E-state index in [9.17, 15) is 14.4 Å². The standard InChI is InChI=1S/C13H21NO5/c1-3-19-11(15)4-5-14-12(16)9-6-8(2)7-10(9)13(17)18/h8-10H,3-7H2,1-2H3,(H,14,16)(H,17,18). The second-order valence-corrected chi connectivity index (χ2v) is 4.97. The minimum atomic E-state index is -0.921. The first-order chi connectivity index (χ1) is 8.95. The first-order valence-electron chi connectivity index (χ1n) is 6.61. The molecule has 0 aromatic heterocycles. The summed E-state index contributed by atoms with van der Waals surface area (Å²) in [5, 5.41) is 11.7. The monoisotopic (exact) mass is 271 g/mol. The van der Waals surface area contributed by atoms with Crippen LogP contribution in [0.3, 0.4) is 0 Å². The van der Waals surface area contributed by atoms with Crippen LogP contribution in [0, 0.1) is 17.8 Å². The fraction of sp³-hybridized carbons (Fsp3) is 0.769. The summed E-state index contributed by atoms with van der Waals surface area (Å²) >= 11 is 0. The van der Waals surface area contributed by atoms with Crippen molar-refractivity contribution < 1.29 is 24.2 Å². The van der Waals surface area contributed by atoms with Gasteiger partial charge in [-0.25, -0.2) is 0 Å². The molecule has 1 aliphatic rings. The van der Waals surface area contributed by atoms with E-state index in [1.807, 2.05) is 6.92 Å². The van der Waals surface area contributed by atoms with Crippen LogP contribution < -0.4 is 5.32 Å². The molecule has 6 heteroatoms. The van der Waals surface area contributed by atoms with Crippen molar-refractivity contribution in [3.05, 3.63) is 0 Å². The van der Waals surface area contributed by atoms with Crippen LogP contribution >= 0.6 is 0 Å². The third-order valence-electron chi connectivity index (χ3n) is 3.39. The number of hydrogen-bond donors (Lipinski definition) is 2. The van der Waals surface area contributed by atoms with Gasteiger partial charge in [0.1, 0.15) is 0 Å². The van der Waals surface area contributed by atoms with Crippen molar-refractivity contribution >= 4 is 17.8 Å². The molecule has 0 aliphatic heterocycles. The Kier molecular flexibility index (Phi) is 5.79. The molecule has 3 unspecified atom stereocenters. The lowest BCUT2D eigenvalue weighted by Crippen LogP contribution is -2.36. The molecular weight excluding hydrogens is 250 g/mol. The highest BCUT2D eigenvalue weighted by Gasteiger charge is 2.40. The number of carbonyl (C=O) groups is 3. The molecule has 1 fully saturated rings. The molecule has 1 amide bonds. The van der Waals surface area contributed by atoms with Gasteiger partial charge in [-0.1, -0.05) is 6.92 Å². The molecule has 0 saturated heterocycles. The van der Waals surface area contributed by atoms with Crippen molar-refractivity contribution in [3.8, 4) is 0 Å². The molecule has 0 radical (unpaired) electrons. The van der Waals surface area contributed by atoms with E-state index in [4.69, 9.17) is 9.84 Å². The van der Waals surface area contributed by atoms with Crippen LogP contribution in [0.5, 0.6) is 0 Å². The van der Waals surface area contributed by atoms with Gasteiger partial charge in [0.2, 0.25) is 5.91 Å². The fourth-order valence-electron chi connectivity index (χ4n) is 2.51. The van der Waals surface area contributed by atoms with Gasteiger partial charge in [-0.05, 0) is 25.7 Å². The maximum Gasteiger partial charge on any atom is 0.307 e. The maximum absolute atomic E-state index is 11.9. The highest BCUT2D eigenvalue weighted by Crippen LogP contribution is 2.36. The quantitative estimate of drug-likeness (QED) is 0.697. The van der Waals surface area contributed by atoms with Gasteiger partial charge < -0.3 is 15.2 Å². The van der Waals surface area contributed by atoms with Gasteiger partial charge in [0.25, 0.3) is 0 Å². The molecule has 6 nitrogen and oxygen atoms in total. The SMILES string of the molecule is CCOC(=O)CCNC(=O)C1CC(C)CC1C(=O)O. The first-order valence-corrected chi connectivity index (χ1v) is 6.61. The van der Waals surface area contributed by atoms with E-state index in [1.165, 1.54) is 0 Å². The Morgan fingerprint density at radius 3 is 2.47 bits per heavy atom. The van der Waals surface area contributed by atoms with Gasteiger partial charge in [-0.3, -0.25) is 14.4 Å². The van der Waals surface area contributed by atoms with Crippen LogP contribution in [0.1, 0.15) is 33.1 Å². The molecule has 108 valence electrons. The van der Waals surface area contributed by atoms with Crippen molar-refractivity contribution in [2.75, 3.05) is 13.2 Å². The molecule has 19 heavy (non-hydrogen) atoms. The Morgan fingerprint density at radius 1 is 1.26 bits per heavy atom. The molecule has 3 atom stereocenters. The molecule has 0 aromatic rings. The third kappa shape index (κ3) is 4.54. The number of nitrogens with one attached hydrogen (secondary N) is 1. The van der Waals surface area contributed by atoms with Gasteiger partial charge in [-0.15, -0.1) is 0 Å². The number of aliphatic carboxylic acids is 1. The first kappa shape index (κ1) is 15.5. The van der Waals surface area contributed by atoms with Crippen molar-refractivity contribution in [2.24, 2.45) is 17.8 Å². The van der Waals surface area contributed by atoms with Crippen molar-refractivity contribution in [1.29, 1.82) is 0 Å². The highest BCUT2D eigenvalue weighted by molar-refractivity contribution is 5.85. The van der Waals surface area contributed by atoms with Crippen LogP contribution in [0.2, 0.25) is 0 Å². The molecule has 1 rings (SSSR count). The zero-order valence-corrected chi connectivity index (χ0v) is 11.3. The van der Waals surface area contributed by atoms with Crippen LogP contribution in [0.25, 0.3) is 0 Å². The average molecular weight is 271 g/mol. The van der Waals surface area contributed by atoms with E-state index in [0.717, 1.165) is 0 Å². The Morgan fingerprint density at radius 2 is 1.89 bits per heavy atom. The summed E-state index contributed by atoms with van der Waals surface area (Å²) in [6, 6.07) is 0. The Balaban J connectivity index is 2.40. The van der Waals surface area contributed by atoms with Gasteiger partial charge in [0.05, 0.1) is 24.9 Å². The third-order valence-corrected chi connectivity index (χ3v) is 3.39. The van der Waals surface area contributed by atoms with E-state index >= 15 is 0 Å². The normalized spacial score (nSPS) is 25.9. The van der Waals surface area contributed by atoms with Crippen LogP contribution in [0.15, 0.2) is 0 Å². The van der Waals surface area contributed by atoms with Crippen LogP contribution in [-0.4, -0.2) is 36.1 Å². The number of amides is 1. The molecule has 2 N–H and O–H groups in total. The minimum Gasteiger partial charge on any atom is -0.481 e. The predicted molar refractivity (Wildman–Crippen MR) is 67.3 cm³/mol. The van der Waals surface area contributed by atoms with Crippen molar-refractivity contribution in [2.45, 2.75) is 33.1 Å². The number of carboxylic acids is 1. The van der Waals surface area contributed by atoms with Crippen LogP contribution in [0.4, 0.5) is 0 Å². The van der Waals surface area contributed by atoms with Gasteiger partial charge in [0.15, 0.2) is 0 Å². The van der Waals surface area contributed by atoms with E-state index in [0.29, 0.717) is 19.4 Å². The van der Waals surface area contributed by atoms with E-state index < -0.39 is 17.8 Å². The van der Waals surface area contributed by atoms with E-state index in [1.54, 1.807) is 6.92 Å². The molecule has 0 aromatic carbocycles. The van der Waals surface area contributed by atoms with Crippen molar-refractivity contribution in [1.82, 2.24) is 5.32 Å². The number of carboxylic acid groups (broad SMARTS) is 1. The topological polar surface area (TPSA) is 92.7 Å². The molecule has 0 heterocycles. The lowest BCUT2D eigenvalue weighted by Gasteiger charge is -2.15. The largest absolute Gasteiger partial charge is 0.481 e. The Bertz CT molecular complexity index is 355. The molecule has 1 saturated carbocycles. The molecule has 0 spiro atoms. The van der Waals surface area contributed by atoms with E-state index in [-0.39, 0.29) is 30.8 Å². The molecule has 1 aliphatic carbocycles. The van der Waals surface area contributed by atoms with Gasteiger partial charge in [0, 0.05) is 6.54 Å². The summed E-state index contributed by atoms with van der Waals surface area (Å²) < 4.78 is 4.74. The Labute approximate surface area is 112 Å². The lowest BCUT2D eigenvalue weighted by atomic mass is 9.95.